The molecule has 3 heterocycles. The number of nitrogens with one attached hydrogen (secondary N) is 1. The fourth-order valence-electron chi connectivity index (χ4n) is 3.84. The van der Waals surface area contributed by atoms with Crippen LogP contribution in [0.2, 0.25) is 0 Å². The maximum Gasteiger partial charge on any atom is 0.274 e. The Hall–Kier alpha value is -1.36. The zero-order valence-corrected chi connectivity index (χ0v) is 12.0. The summed E-state index contributed by atoms with van der Waals surface area (Å²) < 4.78 is 0. The molecule has 108 valence electrons. The van der Waals surface area contributed by atoms with E-state index in [0.717, 1.165) is 31.7 Å². The average Bonchev–Trinajstić information content (AvgIpc) is 3.04. The van der Waals surface area contributed by atoms with Crippen molar-refractivity contribution in [2.45, 2.75) is 37.6 Å². The van der Waals surface area contributed by atoms with Crippen molar-refractivity contribution in [3.05, 3.63) is 17.5 Å². The Kier molecular flexibility index (Phi) is 2.84. The van der Waals surface area contributed by atoms with Crippen LogP contribution < -0.4 is 0 Å². The molecule has 2 aliphatic heterocycles. The molecule has 0 unspecified atom stereocenters. The van der Waals surface area contributed by atoms with Crippen LogP contribution in [0, 0.1) is 5.92 Å². The first-order chi connectivity index (χ1) is 9.72. The normalized spacial score (nSPS) is 30.6. The minimum atomic E-state index is 0.123. The fourth-order valence-corrected chi connectivity index (χ4v) is 3.84. The van der Waals surface area contributed by atoms with Crippen molar-refractivity contribution >= 4 is 5.91 Å². The van der Waals surface area contributed by atoms with E-state index in [4.69, 9.17) is 0 Å². The van der Waals surface area contributed by atoms with Crippen LogP contribution in [0.25, 0.3) is 0 Å². The van der Waals surface area contributed by atoms with E-state index in [-0.39, 0.29) is 5.91 Å². The van der Waals surface area contributed by atoms with Crippen molar-refractivity contribution in [1.82, 2.24) is 20.0 Å². The molecule has 2 atom stereocenters. The summed E-state index contributed by atoms with van der Waals surface area (Å²) in [6.07, 6.45) is 4.84. The van der Waals surface area contributed by atoms with Gasteiger partial charge in [-0.25, -0.2) is 0 Å². The first kappa shape index (κ1) is 12.4. The number of nitrogens with zero attached hydrogens (tertiary/aromatic N) is 3. The van der Waals surface area contributed by atoms with Crippen LogP contribution in [0.5, 0.6) is 0 Å². The van der Waals surface area contributed by atoms with E-state index >= 15 is 0 Å². The molecule has 0 aromatic carbocycles. The fraction of sp³-hybridized carbons (Fsp3) is 0.733. The second kappa shape index (κ2) is 4.58. The molecular formula is C15H22N4O. The number of aromatic amines is 1. The van der Waals surface area contributed by atoms with Gasteiger partial charge in [0.1, 0.15) is 5.69 Å². The lowest BCUT2D eigenvalue weighted by molar-refractivity contribution is 0.0565. The van der Waals surface area contributed by atoms with Crippen molar-refractivity contribution in [3.63, 3.8) is 0 Å². The number of amides is 1. The molecular weight excluding hydrogens is 252 g/mol. The molecule has 1 aromatic heterocycles. The highest BCUT2D eigenvalue weighted by atomic mass is 16.2. The van der Waals surface area contributed by atoms with Crippen molar-refractivity contribution in [2.24, 2.45) is 5.92 Å². The van der Waals surface area contributed by atoms with Gasteiger partial charge < -0.3 is 9.80 Å². The molecule has 4 rings (SSSR count). The number of rotatable bonds is 2. The van der Waals surface area contributed by atoms with Crippen LogP contribution in [-0.2, 0) is 0 Å². The number of fused-ring (bicyclic) bond motifs is 1. The van der Waals surface area contributed by atoms with E-state index < -0.39 is 0 Å². The lowest BCUT2D eigenvalue weighted by Gasteiger charge is -2.36. The van der Waals surface area contributed by atoms with E-state index in [0.29, 0.717) is 23.6 Å². The first-order valence-electron chi connectivity index (χ1n) is 7.77. The highest BCUT2D eigenvalue weighted by Crippen LogP contribution is 2.39. The molecule has 5 nitrogen and oxygen atoms in total. The standard InChI is InChI=1S/C15H22N4O/c1-18-8-11-3-2-6-19(14(11)9-18)15(20)13-7-12(16-17-13)10-4-5-10/h7,10-11,14H,2-6,8-9H2,1H3,(H,16,17)/t11-,14+/m0/s1. The zero-order valence-electron chi connectivity index (χ0n) is 12.0. The van der Waals surface area contributed by atoms with Crippen LogP contribution in [0.3, 0.4) is 0 Å². The van der Waals surface area contributed by atoms with E-state index in [9.17, 15) is 4.79 Å². The molecule has 0 bridgehead atoms. The smallest absolute Gasteiger partial charge is 0.274 e. The molecule has 1 N–H and O–H groups in total. The summed E-state index contributed by atoms with van der Waals surface area (Å²) in [4.78, 5) is 17.2. The van der Waals surface area contributed by atoms with E-state index in [1.54, 1.807) is 0 Å². The number of piperidine rings is 1. The number of carbonyl (C=O) groups is 1. The topological polar surface area (TPSA) is 52.2 Å². The van der Waals surface area contributed by atoms with Crippen molar-refractivity contribution < 1.29 is 4.79 Å². The van der Waals surface area contributed by atoms with Gasteiger partial charge >= 0.3 is 0 Å². The van der Waals surface area contributed by atoms with E-state index in [2.05, 4.69) is 27.0 Å². The summed E-state index contributed by atoms with van der Waals surface area (Å²) in [7, 11) is 2.15. The third kappa shape index (κ3) is 2.04. The third-order valence-electron chi connectivity index (χ3n) is 5.06. The Bertz CT molecular complexity index is 522. The number of hydrogen-bond acceptors (Lipinski definition) is 3. The molecule has 0 radical (unpaired) electrons. The van der Waals surface area contributed by atoms with Crippen LogP contribution in [0.4, 0.5) is 0 Å². The molecule has 2 saturated heterocycles. The summed E-state index contributed by atoms with van der Waals surface area (Å²) >= 11 is 0. The first-order valence-corrected chi connectivity index (χ1v) is 7.77. The Morgan fingerprint density at radius 1 is 1.35 bits per heavy atom. The summed E-state index contributed by atoms with van der Waals surface area (Å²) in [5.74, 6) is 1.40. The quantitative estimate of drug-likeness (QED) is 0.888. The minimum absolute atomic E-state index is 0.123. The van der Waals surface area contributed by atoms with Gasteiger partial charge in [-0.1, -0.05) is 0 Å². The predicted octanol–water partition coefficient (Wildman–Crippen LogP) is 1.45. The third-order valence-corrected chi connectivity index (χ3v) is 5.06. The minimum Gasteiger partial charge on any atom is -0.333 e. The molecule has 1 saturated carbocycles. The summed E-state index contributed by atoms with van der Waals surface area (Å²) in [6, 6.07) is 2.37. The van der Waals surface area contributed by atoms with Crippen molar-refractivity contribution in [2.75, 3.05) is 26.7 Å². The summed E-state index contributed by atoms with van der Waals surface area (Å²) in [6.45, 7) is 3.03. The molecule has 0 spiro atoms. The molecule has 1 amide bonds. The Labute approximate surface area is 119 Å². The lowest BCUT2D eigenvalue weighted by Crippen LogP contribution is -2.48. The van der Waals surface area contributed by atoms with Gasteiger partial charge in [0, 0.05) is 37.3 Å². The van der Waals surface area contributed by atoms with Gasteiger partial charge in [0.2, 0.25) is 0 Å². The number of hydrogen-bond donors (Lipinski definition) is 1. The largest absolute Gasteiger partial charge is 0.333 e. The molecule has 1 aliphatic carbocycles. The second-order valence-electron chi connectivity index (χ2n) is 6.67. The van der Waals surface area contributed by atoms with Gasteiger partial charge in [-0.15, -0.1) is 0 Å². The maximum atomic E-state index is 12.7. The van der Waals surface area contributed by atoms with Crippen molar-refractivity contribution in [3.8, 4) is 0 Å². The van der Waals surface area contributed by atoms with Gasteiger partial charge in [-0.05, 0) is 44.7 Å². The van der Waals surface area contributed by atoms with Gasteiger partial charge in [-0.3, -0.25) is 9.89 Å². The predicted molar refractivity (Wildman–Crippen MR) is 75.6 cm³/mol. The summed E-state index contributed by atoms with van der Waals surface area (Å²) in [5.41, 5.74) is 1.76. The maximum absolute atomic E-state index is 12.7. The second-order valence-corrected chi connectivity index (χ2v) is 6.67. The van der Waals surface area contributed by atoms with Crippen LogP contribution in [0.15, 0.2) is 6.07 Å². The number of H-pyrrole nitrogens is 1. The average molecular weight is 274 g/mol. The summed E-state index contributed by atoms with van der Waals surface area (Å²) in [5, 5.41) is 7.30. The Morgan fingerprint density at radius 3 is 3.00 bits per heavy atom. The van der Waals surface area contributed by atoms with E-state index in [1.807, 2.05) is 6.07 Å². The number of aromatic nitrogens is 2. The molecule has 20 heavy (non-hydrogen) atoms. The number of likely N-dealkylation sites (N-methyl/N-ethyl adjacent to an activating group) is 1. The van der Waals surface area contributed by atoms with Crippen LogP contribution in [-0.4, -0.2) is 58.6 Å². The molecule has 3 fully saturated rings. The van der Waals surface area contributed by atoms with Gasteiger partial charge in [0.25, 0.3) is 5.91 Å². The monoisotopic (exact) mass is 274 g/mol. The van der Waals surface area contributed by atoms with Gasteiger partial charge in [0.05, 0.1) is 0 Å². The van der Waals surface area contributed by atoms with Crippen molar-refractivity contribution in [1.29, 1.82) is 0 Å². The van der Waals surface area contributed by atoms with Gasteiger partial charge in [0.15, 0.2) is 0 Å². The van der Waals surface area contributed by atoms with E-state index in [1.165, 1.54) is 19.3 Å². The zero-order chi connectivity index (χ0) is 13.7. The number of likely N-dealkylation sites (tertiary alicyclic amines) is 2. The highest BCUT2D eigenvalue weighted by molar-refractivity contribution is 5.92. The SMILES string of the molecule is CN1C[C@@H]2CCCN(C(=O)c3cc(C4CC4)[nH]n3)[C@@H]2C1. The van der Waals surface area contributed by atoms with Crippen LogP contribution in [0.1, 0.15) is 47.8 Å². The van der Waals surface area contributed by atoms with Gasteiger partial charge in [-0.2, -0.15) is 5.10 Å². The lowest BCUT2D eigenvalue weighted by atomic mass is 9.92. The Balaban J connectivity index is 1.54. The highest BCUT2D eigenvalue weighted by Gasteiger charge is 2.40. The molecule has 5 heteroatoms. The molecule has 1 aromatic rings. The number of carbonyl (C=O) groups excluding carboxylic acids is 1. The van der Waals surface area contributed by atoms with Crippen LogP contribution >= 0.6 is 0 Å². The Morgan fingerprint density at radius 2 is 2.20 bits per heavy atom. The molecule has 3 aliphatic rings.